The van der Waals surface area contributed by atoms with Gasteiger partial charge in [-0.1, -0.05) is 0 Å². The molecule has 4 heteroatoms. The van der Waals surface area contributed by atoms with Gasteiger partial charge in [-0.05, 0) is 55.7 Å². The first kappa shape index (κ1) is 12.3. The Balaban J connectivity index is 1.76. The highest BCUT2D eigenvalue weighted by Crippen LogP contribution is 2.34. The summed E-state index contributed by atoms with van der Waals surface area (Å²) in [5.74, 6) is 1.48. The third kappa shape index (κ3) is 3.00. The fraction of sp³-hybridized carbons (Fsp3) is 0.533. The van der Waals surface area contributed by atoms with Crippen LogP contribution >= 0.6 is 0 Å². The second kappa shape index (κ2) is 4.76. The van der Waals surface area contributed by atoms with Crippen molar-refractivity contribution in [3.8, 4) is 0 Å². The van der Waals surface area contributed by atoms with E-state index in [-0.39, 0.29) is 5.91 Å². The Labute approximate surface area is 113 Å². The molecule has 2 aliphatic rings. The molecule has 2 saturated carbocycles. The van der Waals surface area contributed by atoms with E-state index in [4.69, 9.17) is 11.5 Å². The lowest BCUT2D eigenvalue weighted by atomic mass is 10.1. The maximum absolute atomic E-state index is 12.6. The number of nitrogens with two attached hydrogens (primary N) is 2. The Morgan fingerprint density at radius 2 is 1.68 bits per heavy atom. The number of rotatable bonds is 5. The second-order valence-electron chi connectivity index (χ2n) is 5.94. The van der Waals surface area contributed by atoms with Crippen molar-refractivity contribution in [3.63, 3.8) is 0 Å². The van der Waals surface area contributed by atoms with Gasteiger partial charge in [0.1, 0.15) is 0 Å². The summed E-state index contributed by atoms with van der Waals surface area (Å²) >= 11 is 0. The average molecular weight is 259 g/mol. The van der Waals surface area contributed by atoms with Gasteiger partial charge in [-0.15, -0.1) is 0 Å². The van der Waals surface area contributed by atoms with E-state index in [1.165, 1.54) is 25.7 Å². The van der Waals surface area contributed by atoms with Crippen molar-refractivity contribution in [2.45, 2.75) is 25.7 Å². The van der Waals surface area contributed by atoms with Crippen molar-refractivity contribution in [1.29, 1.82) is 0 Å². The van der Waals surface area contributed by atoms with Gasteiger partial charge in [0.05, 0.1) is 5.56 Å². The highest BCUT2D eigenvalue weighted by Gasteiger charge is 2.32. The molecule has 19 heavy (non-hydrogen) atoms. The normalized spacial score (nSPS) is 18.3. The molecule has 0 spiro atoms. The van der Waals surface area contributed by atoms with Crippen LogP contribution in [0.3, 0.4) is 0 Å². The van der Waals surface area contributed by atoms with E-state index in [1.807, 2.05) is 4.90 Å². The van der Waals surface area contributed by atoms with Gasteiger partial charge in [-0.3, -0.25) is 4.79 Å². The van der Waals surface area contributed by atoms with Crippen molar-refractivity contribution in [2.75, 3.05) is 24.6 Å². The van der Waals surface area contributed by atoms with Crippen LogP contribution in [-0.2, 0) is 0 Å². The topological polar surface area (TPSA) is 72.4 Å². The number of hydrogen-bond donors (Lipinski definition) is 2. The monoisotopic (exact) mass is 259 g/mol. The molecule has 1 aromatic rings. The van der Waals surface area contributed by atoms with E-state index < -0.39 is 0 Å². The lowest BCUT2D eigenvalue weighted by molar-refractivity contribution is 0.0740. The van der Waals surface area contributed by atoms with Crippen LogP contribution in [0.15, 0.2) is 18.2 Å². The number of hydrogen-bond acceptors (Lipinski definition) is 3. The van der Waals surface area contributed by atoms with Crippen LogP contribution in [0.2, 0.25) is 0 Å². The van der Waals surface area contributed by atoms with Crippen molar-refractivity contribution in [1.82, 2.24) is 4.90 Å². The molecule has 0 heterocycles. The summed E-state index contributed by atoms with van der Waals surface area (Å²) in [5, 5.41) is 0. The third-order valence-corrected chi connectivity index (χ3v) is 3.94. The van der Waals surface area contributed by atoms with Crippen LogP contribution in [-0.4, -0.2) is 23.9 Å². The Morgan fingerprint density at radius 3 is 2.16 bits per heavy atom. The van der Waals surface area contributed by atoms with Crippen LogP contribution in [0.25, 0.3) is 0 Å². The number of nitrogen functional groups attached to an aromatic ring is 2. The van der Waals surface area contributed by atoms with Gasteiger partial charge in [0.2, 0.25) is 0 Å². The first-order valence-corrected chi connectivity index (χ1v) is 7.08. The summed E-state index contributed by atoms with van der Waals surface area (Å²) < 4.78 is 0. The molecule has 102 valence electrons. The minimum absolute atomic E-state index is 0.0660. The third-order valence-electron chi connectivity index (χ3n) is 3.94. The SMILES string of the molecule is Nc1ccc(C(=O)N(CC2CC2)CC2CC2)c(N)c1. The van der Waals surface area contributed by atoms with Gasteiger partial charge < -0.3 is 16.4 Å². The Bertz CT molecular complexity index is 478. The largest absolute Gasteiger partial charge is 0.399 e. The first-order valence-electron chi connectivity index (χ1n) is 7.08. The fourth-order valence-electron chi connectivity index (χ4n) is 2.41. The molecule has 0 aliphatic heterocycles. The highest BCUT2D eigenvalue weighted by atomic mass is 16.2. The molecule has 0 saturated heterocycles. The van der Waals surface area contributed by atoms with Gasteiger partial charge in [-0.25, -0.2) is 0 Å². The van der Waals surface area contributed by atoms with Gasteiger partial charge in [-0.2, -0.15) is 0 Å². The zero-order valence-corrected chi connectivity index (χ0v) is 11.1. The molecule has 0 aromatic heterocycles. The summed E-state index contributed by atoms with van der Waals surface area (Å²) in [7, 11) is 0. The predicted octanol–water partition coefficient (Wildman–Crippen LogP) is 2.11. The van der Waals surface area contributed by atoms with Gasteiger partial charge in [0.25, 0.3) is 5.91 Å². The van der Waals surface area contributed by atoms with Crippen LogP contribution in [0.5, 0.6) is 0 Å². The molecule has 0 atom stereocenters. The van der Waals surface area contributed by atoms with Crippen molar-refractivity contribution in [3.05, 3.63) is 23.8 Å². The molecule has 2 fully saturated rings. The lowest BCUT2D eigenvalue weighted by Gasteiger charge is -2.23. The molecule has 4 nitrogen and oxygen atoms in total. The average Bonchev–Trinajstić information content (AvgIpc) is 3.22. The molecule has 3 rings (SSSR count). The van der Waals surface area contributed by atoms with Gasteiger partial charge in [0.15, 0.2) is 0 Å². The lowest BCUT2D eigenvalue weighted by Crippen LogP contribution is -2.35. The van der Waals surface area contributed by atoms with Crippen molar-refractivity contribution < 1.29 is 4.79 Å². The maximum atomic E-state index is 12.6. The molecule has 1 amide bonds. The molecule has 0 unspecified atom stereocenters. The number of carbonyl (C=O) groups excluding carboxylic acids is 1. The first-order chi connectivity index (χ1) is 9.13. The van der Waals surface area contributed by atoms with E-state index in [0.717, 1.165) is 13.1 Å². The quantitative estimate of drug-likeness (QED) is 0.795. The Kier molecular flexibility index (Phi) is 3.09. The van der Waals surface area contributed by atoms with E-state index in [2.05, 4.69) is 0 Å². The molecule has 0 radical (unpaired) electrons. The molecule has 2 aliphatic carbocycles. The highest BCUT2D eigenvalue weighted by molar-refractivity contribution is 5.99. The van der Waals surface area contributed by atoms with E-state index >= 15 is 0 Å². The summed E-state index contributed by atoms with van der Waals surface area (Å²) in [6.07, 6.45) is 5.02. The summed E-state index contributed by atoms with van der Waals surface area (Å²) in [5.41, 5.74) is 13.3. The number of nitrogens with zero attached hydrogens (tertiary/aromatic N) is 1. The Hall–Kier alpha value is -1.71. The van der Waals surface area contributed by atoms with E-state index in [1.54, 1.807) is 18.2 Å². The molecule has 1 aromatic carbocycles. The number of anilines is 2. The van der Waals surface area contributed by atoms with Crippen LogP contribution < -0.4 is 11.5 Å². The van der Waals surface area contributed by atoms with Crippen LogP contribution in [0.1, 0.15) is 36.0 Å². The van der Waals surface area contributed by atoms with Crippen LogP contribution in [0, 0.1) is 11.8 Å². The molecule has 0 bridgehead atoms. The molecular weight excluding hydrogens is 238 g/mol. The molecule has 4 N–H and O–H groups in total. The van der Waals surface area contributed by atoms with E-state index in [9.17, 15) is 4.79 Å². The van der Waals surface area contributed by atoms with Gasteiger partial charge >= 0.3 is 0 Å². The van der Waals surface area contributed by atoms with Crippen molar-refractivity contribution >= 4 is 17.3 Å². The zero-order chi connectivity index (χ0) is 13.4. The van der Waals surface area contributed by atoms with Crippen LogP contribution in [0.4, 0.5) is 11.4 Å². The van der Waals surface area contributed by atoms with E-state index in [0.29, 0.717) is 28.8 Å². The standard InChI is InChI=1S/C15H21N3O/c16-12-5-6-13(14(17)7-12)15(19)18(8-10-1-2-10)9-11-3-4-11/h5-7,10-11H,1-4,8-9,16-17H2. The number of benzene rings is 1. The zero-order valence-electron chi connectivity index (χ0n) is 11.1. The van der Waals surface area contributed by atoms with Gasteiger partial charge in [0, 0.05) is 24.5 Å². The number of carbonyl (C=O) groups is 1. The number of amides is 1. The summed E-state index contributed by atoms with van der Waals surface area (Å²) in [6, 6.07) is 5.16. The fourth-order valence-corrected chi connectivity index (χ4v) is 2.41. The smallest absolute Gasteiger partial charge is 0.255 e. The minimum Gasteiger partial charge on any atom is -0.399 e. The molecular formula is C15H21N3O. The Morgan fingerprint density at radius 1 is 1.11 bits per heavy atom. The summed E-state index contributed by atoms with van der Waals surface area (Å²) in [6.45, 7) is 1.78. The second-order valence-corrected chi connectivity index (χ2v) is 5.94. The maximum Gasteiger partial charge on any atom is 0.255 e. The van der Waals surface area contributed by atoms with Crippen molar-refractivity contribution in [2.24, 2.45) is 11.8 Å². The summed E-state index contributed by atoms with van der Waals surface area (Å²) in [4.78, 5) is 14.6. The minimum atomic E-state index is 0.0660. The predicted molar refractivity (Wildman–Crippen MR) is 76.6 cm³/mol.